The number of carbonyl (C=O) groups is 2. The molecule has 0 aromatic rings. The monoisotopic (exact) mass is 304 g/mol. The van der Waals surface area contributed by atoms with Crippen molar-refractivity contribution in [2.45, 2.75) is 31.7 Å². The Kier molecular flexibility index (Phi) is 3.95. The lowest BCUT2D eigenvalue weighted by Crippen LogP contribution is -2.62. The second kappa shape index (κ2) is 5.23. The summed E-state index contributed by atoms with van der Waals surface area (Å²) in [6.45, 7) is 2.26. The first kappa shape index (κ1) is 15.1. The molecule has 20 heavy (non-hydrogen) atoms. The Bertz CT molecular complexity index is 504. The molecule has 0 bridgehead atoms. The van der Waals surface area contributed by atoms with E-state index in [0.717, 1.165) is 12.8 Å². The summed E-state index contributed by atoms with van der Waals surface area (Å²) in [6, 6.07) is -0.357. The zero-order valence-electron chi connectivity index (χ0n) is 11.5. The molecule has 8 heteroatoms. The average molecular weight is 304 g/mol. The number of carboxylic acid groups (broad SMARTS) is 1. The lowest BCUT2D eigenvalue weighted by molar-refractivity contribution is -0.150. The van der Waals surface area contributed by atoms with Crippen molar-refractivity contribution in [1.82, 2.24) is 9.80 Å². The highest BCUT2D eigenvalue weighted by atomic mass is 32.2. The Morgan fingerprint density at radius 3 is 2.25 bits per heavy atom. The normalized spacial score (nSPS) is 30.1. The van der Waals surface area contributed by atoms with E-state index in [9.17, 15) is 23.1 Å². The number of sulfone groups is 1. The van der Waals surface area contributed by atoms with Crippen LogP contribution in [0.3, 0.4) is 0 Å². The van der Waals surface area contributed by atoms with E-state index in [1.54, 1.807) is 6.92 Å². The predicted molar refractivity (Wildman–Crippen MR) is 72.2 cm³/mol. The summed E-state index contributed by atoms with van der Waals surface area (Å²) < 4.78 is 22.8. The molecule has 2 rings (SSSR count). The van der Waals surface area contributed by atoms with Crippen LogP contribution in [0.4, 0.5) is 4.79 Å². The quantitative estimate of drug-likeness (QED) is 0.745. The standard InChI is InChI=1S/C12H20N2O5S/c1-12(10(15)16)4-2-3-5-14(12)11(17)13-6-8-20(18,19)9-7-13/h2-9H2,1H3,(H,15,16). The smallest absolute Gasteiger partial charge is 0.329 e. The van der Waals surface area contributed by atoms with E-state index >= 15 is 0 Å². The van der Waals surface area contributed by atoms with Gasteiger partial charge in [-0.15, -0.1) is 0 Å². The van der Waals surface area contributed by atoms with Gasteiger partial charge in [-0.25, -0.2) is 18.0 Å². The summed E-state index contributed by atoms with van der Waals surface area (Å²) in [4.78, 5) is 26.8. The topological polar surface area (TPSA) is 95.0 Å². The number of likely N-dealkylation sites (tertiary alicyclic amines) is 1. The van der Waals surface area contributed by atoms with E-state index in [0.29, 0.717) is 13.0 Å². The zero-order valence-corrected chi connectivity index (χ0v) is 12.4. The Labute approximate surface area is 118 Å². The summed E-state index contributed by atoms with van der Waals surface area (Å²) in [6.07, 6.45) is 1.99. The first-order valence-corrected chi connectivity index (χ1v) is 8.59. The summed E-state index contributed by atoms with van der Waals surface area (Å²) in [5, 5.41) is 9.39. The second-order valence-electron chi connectivity index (χ2n) is 5.61. The Morgan fingerprint density at radius 2 is 1.70 bits per heavy atom. The summed E-state index contributed by atoms with van der Waals surface area (Å²) in [5.41, 5.74) is -1.19. The molecule has 0 aromatic heterocycles. The van der Waals surface area contributed by atoms with Gasteiger partial charge in [0, 0.05) is 19.6 Å². The molecule has 1 atom stereocenters. The van der Waals surface area contributed by atoms with Crippen molar-refractivity contribution >= 4 is 21.8 Å². The SMILES string of the molecule is CC1(C(=O)O)CCCCN1C(=O)N1CCS(=O)(=O)CC1. The molecule has 2 saturated heterocycles. The molecule has 2 amide bonds. The average Bonchev–Trinajstić information content (AvgIpc) is 2.38. The number of urea groups is 1. The molecule has 0 saturated carbocycles. The lowest BCUT2D eigenvalue weighted by atomic mass is 9.89. The van der Waals surface area contributed by atoms with Crippen LogP contribution in [0.15, 0.2) is 0 Å². The van der Waals surface area contributed by atoms with Crippen molar-refractivity contribution in [2.24, 2.45) is 0 Å². The molecule has 7 nitrogen and oxygen atoms in total. The zero-order chi connectivity index (χ0) is 15.0. The minimum Gasteiger partial charge on any atom is -0.480 e. The van der Waals surface area contributed by atoms with Gasteiger partial charge in [0.25, 0.3) is 0 Å². The third-order valence-electron chi connectivity index (χ3n) is 4.20. The fourth-order valence-corrected chi connectivity index (χ4v) is 3.93. The first-order chi connectivity index (χ1) is 9.26. The van der Waals surface area contributed by atoms with Crippen molar-refractivity contribution in [3.8, 4) is 0 Å². The summed E-state index contributed by atoms with van der Waals surface area (Å²) in [7, 11) is -3.05. The third kappa shape index (κ3) is 2.74. The van der Waals surface area contributed by atoms with Gasteiger partial charge in [0.15, 0.2) is 9.84 Å². The van der Waals surface area contributed by atoms with Crippen molar-refractivity contribution < 1.29 is 23.1 Å². The van der Waals surface area contributed by atoms with Crippen LogP contribution in [0.5, 0.6) is 0 Å². The van der Waals surface area contributed by atoms with E-state index in [1.807, 2.05) is 0 Å². The Balaban J connectivity index is 2.13. The summed E-state index contributed by atoms with van der Waals surface area (Å²) >= 11 is 0. The van der Waals surface area contributed by atoms with Crippen LogP contribution in [-0.4, -0.2) is 72.0 Å². The number of piperidine rings is 1. The van der Waals surface area contributed by atoms with Crippen molar-refractivity contribution in [1.29, 1.82) is 0 Å². The molecule has 0 radical (unpaired) electrons. The number of hydrogen-bond donors (Lipinski definition) is 1. The fourth-order valence-electron chi connectivity index (χ4n) is 2.72. The molecule has 0 aromatic carbocycles. The molecule has 1 unspecified atom stereocenters. The molecule has 0 aliphatic carbocycles. The molecular formula is C12H20N2O5S. The second-order valence-corrected chi connectivity index (χ2v) is 7.91. The first-order valence-electron chi connectivity index (χ1n) is 6.77. The highest BCUT2D eigenvalue weighted by Gasteiger charge is 2.45. The molecule has 114 valence electrons. The van der Waals surface area contributed by atoms with Gasteiger partial charge < -0.3 is 14.9 Å². The maximum Gasteiger partial charge on any atom is 0.329 e. The summed E-state index contributed by atoms with van der Waals surface area (Å²) in [5.74, 6) is -1.10. The van der Waals surface area contributed by atoms with Gasteiger partial charge >= 0.3 is 12.0 Å². The highest BCUT2D eigenvalue weighted by molar-refractivity contribution is 7.91. The van der Waals surface area contributed by atoms with Gasteiger partial charge in [0.2, 0.25) is 0 Å². The molecule has 2 heterocycles. The number of carboxylic acids is 1. The Morgan fingerprint density at radius 1 is 1.10 bits per heavy atom. The lowest BCUT2D eigenvalue weighted by Gasteiger charge is -2.44. The maximum atomic E-state index is 12.5. The van der Waals surface area contributed by atoms with Gasteiger partial charge in [-0.2, -0.15) is 0 Å². The van der Waals surface area contributed by atoms with Crippen LogP contribution in [0.25, 0.3) is 0 Å². The number of rotatable bonds is 1. The van der Waals surface area contributed by atoms with Crippen LogP contribution in [0.2, 0.25) is 0 Å². The largest absolute Gasteiger partial charge is 0.480 e. The fraction of sp³-hybridized carbons (Fsp3) is 0.833. The molecule has 0 spiro atoms. The number of hydrogen-bond acceptors (Lipinski definition) is 4. The highest BCUT2D eigenvalue weighted by Crippen LogP contribution is 2.29. The van der Waals surface area contributed by atoms with Crippen LogP contribution < -0.4 is 0 Å². The molecule has 2 aliphatic heterocycles. The maximum absolute atomic E-state index is 12.5. The predicted octanol–water partition coefficient (Wildman–Crippen LogP) is 0.166. The van der Waals surface area contributed by atoms with Crippen molar-refractivity contribution in [3.05, 3.63) is 0 Å². The minimum atomic E-state index is -3.05. The van der Waals surface area contributed by atoms with Crippen LogP contribution in [-0.2, 0) is 14.6 Å². The van der Waals surface area contributed by atoms with Gasteiger partial charge in [-0.1, -0.05) is 0 Å². The van der Waals surface area contributed by atoms with Crippen LogP contribution in [0.1, 0.15) is 26.2 Å². The number of amides is 2. The minimum absolute atomic E-state index is 0.0453. The van der Waals surface area contributed by atoms with Gasteiger partial charge in [-0.3, -0.25) is 0 Å². The van der Waals surface area contributed by atoms with Gasteiger partial charge in [-0.05, 0) is 26.2 Å². The van der Waals surface area contributed by atoms with E-state index in [-0.39, 0.29) is 30.6 Å². The van der Waals surface area contributed by atoms with Crippen LogP contribution in [0, 0.1) is 0 Å². The van der Waals surface area contributed by atoms with Crippen molar-refractivity contribution in [3.63, 3.8) is 0 Å². The van der Waals surface area contributed by atoms with E-state index < -0.39 is 21.3 Å². The molecule has 2 aliphatic rings. The number of carbonyl (C=O) groups excluding carboxylic acids is 1. The molecular weight excluding hydrogens is 284 g/mol. The van der Waals surface area contributed by atoms with Gasteiger partial charge in [0.05, 0.1) is 11.5 Å². The van der Waals surface area contributed by atoms with E-state index in [1.165, 1.54) is 9.80 Å². The van der Waals surface area contributed by atoms with E-state index in [4.69, 9.17) is 0 Å². The van der Waals surface area contributed by atoms with Gasteiger partial charge in [0.1, 0.15) is 5.54 Å². The Hall–Kier alpha value is -1.31. The third-order valence-corrected chi connectivity index (χ3v) is 5.81. The van der Waals surface area contributed by atoms with E-state index in [2.05, 4.69) is 0 Å². The van der Waals surface area contributed by atoms with Crippen molar-refractivity contribution in [2.75, 3.05) is 31.1 Å². The van der Waals surface area contributed by atoms with Crippen LogP contribution >= 0.6 is 0 Å². The number of aliphatic carboxylic acids is 1. The molecule has 2 fully saturated rings. The number of nitrogens with zero attached hydrogens (tertiary/aromatic N) is 2. The molecule has 1 N–H and O–H groups in total.